The van der Waals surface area contributed by atoms with Gasteiger partial charge >= 0.3 is 0 Å². The van der Waals surface area contributed by atoms with E-state index >= 15 is 0 Å². The molecule has 1 aliphatic heterocycles. The number of carbonyl (C=O) groups is 1. The minimum atomic E-state index is -3.51. The third kappa shape index (κ3) is 3.98. The van der Waals surface area contributed by atoms with Crippen molar-refractivity contribution in [2.75, 3.05) is 0 Å². The Kier molecular flexibility index (Phi) is 5.92. The molecule has 1 aliphatic rings. The van der Waals surface area contributed by atoms with Gasteiger partial charge in [-0.15, -0.1) is 0 Å². The molecule has 0 atom stereocenters. The first kappa shape index (κ1) is 20.9. The summed E-state index contributed by atoms with van der Waals surface area (Å²) in [4.78, 5) is 13.3. The van der Waals surface area contributed by atoms with Gasteiger partial charge in [0.1, 0.15) is 0 Å². The Labute approximate surface area is 178 Å². The van der Waals surface area contributed by atoms with Gasteiger partial charge in [-0.2, -0.15) is 0 Å². The molecule has 0 bridgehead atoms. The zero-order valence-corrected chi connectivity index (χ0v) is 17.9. The maximum Gasteiger partial charge on any atom is 0.261 e. The number of rotatable bonds is 4. The number of hydrogen-bond donors (Lipinski definition) is 0. The standard InChI is InChI=1S/C20H16Cl3NO3S/c1-2-18-13-28(26,27)12-11-24(18)19(25)20(23,14-3-7-16(21)8-4-14)15-5-9-17(22)10-6-15/h3-13H,2H2,1H3. The molecule has 0 aromatic heterocycles. The number of hydrogen-bond acceptors (Lipinski definition) is 3. The number of halogens is 3. The first-order valence-electron chi connectivity index (χ1n) is 8.36. The minimum absolute atomic E-state index is 0.334. The summed E-state index contributed by atoms with van der Waals surface area (Å²) in [6.07, 6.45) is 1.57. The van der Waals surface area contributed by atoms with E-state index < -0.39 is 20.6 Å². The molecule has 0 radical (unpaired) electrons. The van der Waals surface area contributed by atoms with Gasteiger partial charge in [-0.05, 0) is 41.8 Å². The van der Waals surface area contributed by atoms with Crippen molar-refractivity contribution >= 4 is 50.5 Å². The Morgan fingerprint density at radius 1 is 0.964 bits per heavy atom. The molecule has 2 aromatic rings. The van der Waals surface area contributed by atoms with E-state index in [1.165, 1.54) is 11.1 Å². The Morgan fingerprint density at radius 3 is 1.86 bits per heavy atom. The van der Waals surface area contributed by atoms with Gasteiger partial charge in [0.15, 0.2) is 14.7 Å². The van der Waals surface area contributed by atoms with E-state index in [9.17, 15) is 13.2 Å². The first-order chi connectivity index (χ1) is 13.2. The van der Waals surface area contributed by atoms with Crippen molar-refractivity contribution in [2.45, 2.75) is 18.2 Å². The van der Waals surface area contributed by atoms with Crippen molar-refractivity contribution in [3.05, 3.63) is 92.4 Å². The smallest absolute Gasteiger partial charge is 0.261 e. The summed E-state index contributed by atoms with van der Waals surface area (Å²) < 4.78 is 23.8. The average Bonchev–Trinajstić information content (AvgIpc) is 2.67. The fraction of sp³-hybridized carbons (Fsp3) is 0.150. The maximum absolute atomic E-state index is 13.6. The van der Waals surface area contributed by atoms with Crippen LogP contribution in [-0.4, -0.2) is 19.2 Å². The maximum atomic E-state index is 13.6. The predicted molar refractivity (Wildman–Crippen MR) is 113 cm³/mol. The van der Waals surface area contributed by atoms with E-state index in [1.54, 1.807) is 55.5 Å². The van der Waals surface area contributed by atoms with Crippen LogP contribution < -0.4 is 0 Å². The Bertz CT molecular complexity index is 1010. The normalized spacial score (nSPS) is 16.0. The van der Waals surface area contributed by atoms with Gasteiger partial charge in [0.05, 0.1) is 10.8 Å². The van der Waals surface area contributed by atoms with Crippen LogP contribution in [0.15, 0.2) is 71.2 Å². The van der Waals surface area contributed by atoms with E-state index in [1.807, 2.05) is 0 Å². The number of carbonyl (C=O) groups excluding carboxylic acids is 1. The van der Waals surface area contributed by atoms with E-state index in [2.05, 4.69) is 0 Å². The molecule has 0 fully saturated rings. The molecule has 0 N–H and O–H groups in total. The molecular weight excluding hydrogens is 441 g/mol. The van der Waals surface area contributed by atoms with Crippen molar-refractivity contribution in [1.29, 1.82) is 0 Å². The zero-order chi connectivity index (χ0) is 20.5. The molecule has 1 amide bonds. The van der Waals surface area contributed by atoms with Gasteiger partial charge in [-0.25, -0.2) is 8.42 Å². The van der Waals surface area contributed by atoms with Gasteiger partial charge < -0.3 is 0 Å². The SMILES string of the molecule is CCC1=CS(=O)(=O)C=CN1C(=O)C(Cl)(c1ccc(Cl)cc1)c1ccc(Cl)cc1. The molecule has 1 heterocycles. The molecule has 8 heteroatoms. The molecule has 0 saturated heterocycles. The van der Waals surface area contributed by atoms with Crippen LogP contribution in [0.2, 0.25) is 10.0 Å². The van der Waals surface area contributed by atoms with Crippen molar-refractivity contribution in [3.63, 3.8) is 0 Å². The summed E-state index contributed by atoms with van der Waals surface area (Å²) >= 11 is 19.0. The van der Waals surface area contributed by atoms with Crippen LogP contribution in [-0.2, 0) is 19.5 Å². The lowest BCUT2D eigenvalue weighted by atomic mass is 9.88. The predicted octanol–water partition coefficient (Wildman–Crippen LogP) is 5.46. The van der Waals surface area contributed by atoms with Gasteiger partial charge in [-0.1, -0.05) is 66.0 Å². The highest BCUT2D eigenvalue weighted by Gasteiger charge is 2.44. The summed E-state index contributed by atoms with van der Waals surface area (Å²) in [6, 6.07) is 13.2. The number of alkyl halides is 1. The van der Waals surface area contributed by atoms with Gasteiger partial charge in [0, 0.05) is 21.9 Å². The summed E-state index contributed by atoms with van der Waals surface area (Å²) in [6.45, 7) is 1.77. The van der Waals surface area contributed by atoms with Gasteiger partial charge in [-0.3, -0.25) is 9.69 Å². The third-order valence-corrected chi connectivity index (χ3v) is 6.57. The largest absolute Gasteiger partial charge is 0.288 e. The van der Waals surface area contributed by atoms with Crippen LogP contribution in [0.5, 0.6) is 0 Å². The molecule has 28 heavy (non-hydrogen) atoms. The van der Waals surface area contributed by atoms with Crippen molar-refractivity contribution in [2.24, 2.45) is 0 Å². The molecule has 2 aromatic carbocycles. The Balaban J connectivity index is 2.17. The lowest BCUT2D eigenvalue weighted by Gasteiger charge is -2.33. The summed E-state index contributed by atoms with van der Waals surface area (Å²) in [5, 5.41) is 3.06. The van der Waals surface area contributed by atoms with Gasteiger partial charge in [0.25, 0.3) is 5.91 Å². The van der Waals surface area contributed by atoms with Crippen molar-refractivity contribution in [1.82, 2.24) is 4.90 Å². The Hall–Kier alpha value is -1.79. The van der Waals surface area contributed by atoms with E-state index in [0.29, 0.717) is 33.3 Å². The quantitative estimate of drug-likeness (QED) is 0.574. The summed E-state index contributed by atoms with van der Waals surface area (Å²) in [7, 11) is -3.51. The second-order valence-corrected chi connectivity index (χ2v) is 9.31. The molecular formula is C20H16Cl3NO3S. The van der Waals surface area contributed by atoms with Crippen LogP contribution in [0.1, 0.15) is 24.5 Å². The van der Waals surface area contributed by atoms with Gasteiger partial charge in [0.2, 0.25) is 0 Å². The molecule has 0 aliphatic carbocycles. The van der Waals surface area contributed by atoms with Crippen molar-refractivity contribution in [3.8, 4) is 0 Å². The monoisotopic (exact) mass is 455 g/mol. The second kappa shape index (κ2) is 7.91. The van der Waals surface area contributed by atoms with E-state index in [-0.39, 0.29) is 0 Å². The van der Waals surface area contributed by atoms with Crippen LogP contribution >= 0.6 is 34.8 Å². The summed E-state index contributed by atoms with van der Waals surface area (Å²) in [5.74, 6) is -0.502. The van der Waals surface area contributed by atoms with Crippen molar-refractivity contribution < 1.29 is 13.2 Å². The Morgan fingerprint density at radius 2 is 1.43 bits per heavy atom. The fourth-order valence-electron chi connectivity index (χ4n) is 2.92. The zero-order valence-electron chi connectivity index (χ0n) is 14.8. The summed E-state index contributed by atoms with van der Waals surface area (Å²) in [5.41, 5.74) is 1.34. The third-order valence-electron chi connectivity index (χ3n) is 4.37. The average molecular weight is 457 g/mol. The molecule has 0 spiro atoms. The van der Waals surface area contributed by atoms with Crippen LogP contribution in [0, 0.1) is 0 Å². The lowest BCUT2D eigenvalue weighted by Crippen LogP contribution is -2.42. The van der Waals surface area contributed by atoms with Crippen LogP contribution in [0.3, 0.4) is 0 Å². The lowest BCUT2D eigenvalue weighted by molar-refractivity contribution is -0.129. The van der Waals surface area contributed by atoms with Crippen LogP contribution in [0.25, 0.3) is 0 Å². The molecule has 0 unspecified atom stereocenters. The second-order valence-electron chi connectivity index (χ2n) is 6.18. The van der Waals surface area contributed by atoms with E-state index in [0.717, 1.165) is 10.8 Å². The highest BCUT2D eigenvalue weighted by atomic mass is 35.5. The number of nitrogens with zero attached hydrogens (tertiary/aromatic N) is 1. The van der Waals surface area contributed by atoms with E-state index in [4.69, 9.17) is 34.8 Å². The molecule has 0 saturated carbocycles. The molecule has 146 valence electrons. The highest BCUT2D eigenvalue weighted by molar-refractivity contribution is 7.97. The first-order valence-corrected chi connectivity index (χ1v) is 11.1. The number of amides is 1. The minimum Gasteiger partial charge on any atom is -0.288 e. The molecule has 4 nitrogen and oxygen atoms in total. The number of sulfone groups is 1. The van der Waals surface area contributed by atoms with Crippen LogP contribution in [0.4, 0.5) is 0 Å². The topological polar surface area (TPSA) is 54.5 Å². The fourth-order valence-corrected chi connectivity index (χ4v) is 4.54. The number of benzene rings is 2. The number of allylic oxidation sites excluding steroid dienone is 1. The molecule has 3 rings (SSSR count). The highest BCUT2D eigenvalue weighted by Crippen LogP contribution is 2.41.